The van der Waals surface area contributed by atoms with Gasteiger partial charge in [0, 0.05) is 6.42 Å². The summed E-state index contributed by atoms with van der Waals surface area (Å²) in [5.74, 6) is 3.14. The quantitative estimate of drug-likeness (QED) is 0.267. The van der Waals surface area contributed by atoms with Gasteiger partial charge in [-0.1, -0.05) is 83.7 Å². The van der Waals surface area contributed by atoms with Gasteiger partial charge in [0.2, 0.25) is 0 Å². The van der Waals surface area contributed by atoms with Crippen molar-refractivity contribution < 1.29 is 14.3 Å². The van der Waals surface area contributed by atoms with Crippen molar-refractivity contribution >= 4 is 11.8 Å². The van der Waals surface area contributed by atoms with E-state index in [1.54, 1.807) is 0 Å². The van der Waals surface area contributed by atoms with E-state index in [4.69, 9.17) is 4.74 Å². The van der Waals surface area contributed by atoms with Crippen LogP contribution in [0.1, 0.15) is 116 Å². The normalized spacial score (nSPS) is 39.1. The molecule has 3 heteroatoms. The predicted molar refractivity (Wildman–Crippen MR) is 154 cm³/mol. The topological polar surface area (TPSA) is 43.4 Å². The number of rotatable bonds is 7. The first-order valence-corrected chi connectivity index (χ1v) is 15.5. The van der Waals surface area contributed by atoms with Crippen LogP contribution >= 0.6 is 0 Å². The van der Waals surface area contributed by atoms with Gasteiger partial charge in [-0.15, -0.1) is 0 Å². The van der Waals surface area contributed by atoms with Crippen LogP contribution in [-0.4, -0.2) is 17.9 Å². The summed E-state index contributed by atoms with van der Waals surface area (Å²) in [6.45, 7) is 14.3. The minimum atomic E-state index is -0.322. The number of benzene rings is 1. The number of allylic oxidation sites excluding steroid dienone is 2. The predicted octanol–water partition coefficient (Wildman–Crippen LogP) is 8.82. The number of hydrogen-bond acceptors (Lipinski definition) is 3. The molecule has 0 heterocycles. The molecule has 1 aromatic carbocycles. The summed E-state index contributed by atoms with van der Waals surface area (Å²) in [6, 6.07) is 9.38. The fourth-order valence-electron chi connectivity index (χ4n) is 9.48. The summed E-state index contributed by atoms with van der Waals surface area (Å²) in [5.41, 5.74) is 2.04. The third-order valence-electron chi connectivity index (χ3n) is 12.1. The molecule has 0 aromatic heterocycles. The molecule has 208 valence electrons. The smallest absolute Gasteiger partial charge is 0.338 e. The molecule has 3 fully saturated rings. The summed E-state index contributed by atoms with van der Waals surface area (Å²) >= 11 is 0. The molecule has 5 rings (SSSR count). The number of carbonyl (C=O) groups is 2. The molecule has 0 amide bonds. The summed E-state index contributed by atoms with van der Waals surface area (Å²) in [6.07, 6.45) is 13.3. The van der Waals surface area contributed by atoms with Gasteiger partial charge in [-0.05, 0) is 98.0 Å². The van der Waals surface area contributed by atoms with Crippen LogP contribution in [-0.2, 0) is 9.53 Å². The maximum absolute atomic E-state index is 14.0. The first-order valence-electron chi connectivity index (χ1n) is 15.5. The average Bonchev–Trinajstić information content (AvgIpc) is 3.10. The van der Waals surface area contributed by atoms with Crippen molar-refractivity contribution in [3.05, 3.63) is 47.5 Å². The van der Waals surface area contributed by atoms with Crippen molar-refractivity contribution in [3.63, 3.8) is 0 Å². The van der Waals surface area contributed by atoms with Crippen LogP contribution in [0.15, 0.2) is 42.0 Å². The molecule has 3 nitrogen and oxygen atoms in total. The van der Waals surface area contributed by atoms with Gasteiger partial charge in [0.15, 0.2) is 0 Å². The molecule has 2 unspecified atom stereocenters. The van der Waals surface area contributed by atoms with Crippen LogP contribution in [0.3, 0.4) is 0 Å². The van der Waals surface area contributed by atoms with E-state index in [1.807, 2.05) is 30.3 Å². The summed E-state index contributed by atoms with van der Waals surface area (Å²) < 4.78 is 6.00. The molecule has 3 saturated carbocycles. The fraction of sp³-hybridized carbons (Fsp3) is 0.714. The summed E-state index contributed by atoms with van der Waals surface area (Å²) in [4.78, 5) is 26.7. The van der Waals surface area contributed by atoms with Gasteiger partial charge in [0.25, 0.3) is 0 Å². The van der Waals surface area contributed by atoms with Crippen LogP contribution in [0.5, 0.6) is 0 Å². The van der Waals surface area contributed by atoms with E-state index in [0.717, 1.165) is 44.4 Å². The lowest BCUT2D eigenvalue weighted by molar-refractivity contribution is -0.131. The molecule has 0 bridgehead atoms. The second-order valence-electron chi connectivity index (χ2n) is 14.4. The number of carbonyl (C=O) groups excluding carboxylic acids is 2. The van der Waals surface area contributed by atoms with Crippen LogP contribution in [0.25, 0.3) is 0 Å². The van der Waals surface area contributed by atoms with Gasteiger partial charge in [0.1, 0.15) is 11.9 Å². The van der Waals surface area contributed by atoms with Gasteiger partial charge in [-0.2, -0.15) is 0 Å². The van der Waals surface area contributed by atoms with Gasteiger partial charge >= 0.3 is 5.97 Å². The van der Waals surface area contributed by atoms with Crippen LogP contribution in [0.4, 0.5) is 0 Å². The number of fused-ring (bicyclic) bond motifs is 5. The maximum atomic E-state index is 14.0. The molecular formula is C35H50O3. The monoisotopic (exact) mass is 518 g/mol. The van der Waals surface area contributed by atoms with Crippen molar-refractivity contribution in [2.45, 2.75) is 112 Å². The Labute approximate surface area is 231 Å². The number of ether oxygens (including phenoxy) is 1. The van der Waals surface area contributed by atoms with Gasteiger partial charge in [-0.3, -0.25) is 4.79 Å². The van der Waals surface area contributed by atoms with E-state index in [1.165, 1.54) is 31.3 Å². The van der Waals surface area contributed by atoms with E-state index in [0.29, 0.717) is 35.0 Å². The van der Waals surface area contributed by atoms with Crippen molar-refractivity contribution in [2.24, 2.45) is 45.8 Å². The Bertz CT molecular complexity index is 1070. The molecule has 1 aromatic rings. The molecule has 38 heavy (non-hydrogen) atoms. The zero-order chi connectivity index (χ0) is 27.3. The Morgan fingerprint density at radius 1 is 1.03 bits per heavy atom. The first kappa shape index (κ1) is 27.7. The van der Waals surface area contributed by atoms with E-state index in [-0.39, 0.29) is 28.3 Å². The molecule has 4 aliphatic carbocycles. The highest BCUT2D eigenvalue weighted by atomic mass is 16.5. The van der Waals surface area contributed by atoms with E-state index in [2.05, 4.69) is 47.6 Å². The largest absolute Gasteiger partial charge is 0.459 e. The van der Waals surface area contributed by atoms with E-state index >= 15 is 0 Å². The molecule has 0 aliphatic heterocycles. The molecule has 0 saturated heterocycles. The SMILES string of the molecule is CC(C)CCC[C@@H](C)[C@H]1CC(=O)[C@@]2(C)C3=CCC4CC(OC(=O)c5ccccc5)CC[C@]4(C)[C@H]3CC[C@]12C. The highest BCUT2D eigenvalue weighted by Gasteiger charge is 2.67. The highest BCUT2D eigenvalue weighted by molar-refractivity contribution is 5.92. The number of hydrogen-bond donors (Lipinski definition) is 0. The Hall–Kier alpha value is -1.90. The van der Waals surface area contributed by atoms with Crippen molar-refractivity contribution in [3.8, 4) is 0 Å². The third kappa shape index (κ3) is 4.40. The Kier molecular flexibility index (Phi) is 7.46. The lowest BCUT2D eigenvalue weighted by Crippen LogP contribution is -2.55. The van der Waals surface area contributed by atoms with E-state index in [9.17, 15) is 9.59 Å². The van der Waals surface area contributed by atoms with Crippen molar-refractivity contribution in [1.29, 1.82) is 0 Å². The zero-order valence-corrected chi connectivity index (χ0v) is 24.7. The second kappa shape index (κ2) is 10.3. The Morgan fingerprint density at radius 3 is 2.47 bits per heavy atom. The first-order chi connectivity index (χ1) is 18.0. The average molecular weight is 519 g/mol. The Morgan fingerprint density at radius 2 is 1.76 bits per heavy atom. The molecule has 0 spiro atoms. The lowest BCUT2D eigenvalue weighted by atomic mass is 9.43. The Balaban J connectivity index is 1.33. The minimum Gasteiger partial charge on any atom is -0.459 e. The van der Waals surface area contributed by atoms with Gasteiger partial charge in [-0.25, -0.2) is 4.79 Å². The molecular weight excluding hydrogens is 468 g/mol. The van der Waals surface area contributed by atoms with E-state index < -0.39 is 0 Å². The van der Waals surface area contributed by atoms with Gasteiger partial charge in [0.05, 0.1) is 11.0 Å². The van der Waals surface area contributed by atoms with Crippen molar-refractivity contribution in [2.75, 3.05) is 0 Å². The molecule has 0 radical (unpaired) electrons. The maximum Gasteiger partial charge on any atom is 0.338 e. The number of esters is 1. The van der Waals surface area contributed by atoms with Gasteiger partial charge < -0.3 is 4.74 Å². The van der Waals surface area contributed by atoms with Crippen LogP contribution < -0.4 is 0 Å². The van der Waals surface area contributed by atoms with Crippen LogP contribution in [0, 0.1) is 45.8 Å². The highest BCUT2D eigenvalue weighted by Crippen LogP contribution is 2.71. The summed E-state index contributed by atoms with van der Waals surface area (Å²) in [7, 11) is 0. The fourth-order valence-corrected chi connectivity index (χ4v) is 9.48. The molecule has 8 atom stereocenters. The third-order valence-corrected chi connectivity index (χ3v) is 12.1. The standard InChI is InChI=1S/C35H50O3/c1-23(2)11-10-12-24(3)30-22-31(36)35(6)29-16-15-26-21-27(38-32(37)25-13-8-7-9-14-25)17-19-33(26,4)28(29)18-20-34(30,35)5/h7-9,13-14,16,23-24,26-28,30H,10-12,15,17-22H2,1-6H3/t24-,26?,27?,28+,30-,33+,34-,35-/m1/s1. The van der Waals surface area contributed by atoms with Crippen molar-refractivity contribution in [1.82, 2.24) is 0 Å². The minimum absolute atomic E-state index is 0.00986. The summed E-state index contributed by atoms with van der Waals surface area (Å²) in [5, 5.41) is 0. The number of ketones is 1. The second-order valence-corrected chi connectivity index (χ2v) is 14.4. The molecule has 4 aliphatic rings. The van der Waals surface area contributed by atoms with Crippen LogP contribution in [0.2, 0.25) is 0 Å². The lowest BCUT2D eigenvalue weighted by Gasteiger charge is -2.60. The molecule has 0 N–H and O–H groups in total. The number of Topliss-reactive ketones (excluding diaryl/α,β-unsaturated/α-hetero) is 1. The zero-order valence-electron chi connectivity index (χ0n) is 24.7.